The minimum atomic E-state index is -3.96. The lowest BCUT2D eigenvalue weighted by Crippen LogP contribution is -2.51. The van der Waals surface area contributed by atoms with Gasteiger partial charge >= 0.3 is 0 Å². The molecule has 0 aliphatic rings. The molecule has 0 radical (unpaired) electrons. The summed E-state index contributed by atoms with van der Waals surface area (Å²) >= 11 is 24.3. The summed E-state index contributed by atoms with van der Waals surface area (Å²) in [5.41, 5.74) is 0.673. The van der Waals surface area contributed by atoms with Gasteiger partial charge in [0.05, 0.1) is 27.0 Å². The Hall–Kier alpha value is -1.71. The molecule has 12 heteroatoms. The summed E-state index contributed by atoms with van der Waals surface area (Å²) in [6, 6.07) is 8.53. The number of hydrogen-bond donors (Lipinski definition) is 1. The average molecular weight is 569 g/mol. The lowest BCUT2D eigenvalue weighted by atomic mass is 10.1. The molecule has 1 N–H and O–H groups in total. The maximum atomic E-state index is 13.5. The molecule has 0 bridgehead atoms. The molecule has 0 aliphatic carbocycles. The first-order valence-electron chi connectivity index (χ1n) is 10.3. The third-order valence-electron chi connectivity index (χ3n) is 4.90. The van der Waals surface area contributed by atoms with E-state index in [4.69, 9.17) is 46.4 Å². The summed E-state index contributed by atoms with van der Waals surface area (Å²) in [7, 11) is -3.96. The fraction of sp³-hybridized carbons (Fsp3) is 0.364. The van der Waals surface area contributed by atoms with E-state index in [1.165, 1.54) is 17.0 Å². The Morgan fingerprint density at radius 2 is 1.68 bits per heavy atom. The monoisotopic (exact) mass is 567 g/mol. The quantitative estimate of drug-likeness (QED) is 0.408. The first kappa shape index (κ1) is 28.5. The van der Waals surface area contributed by atoms with E-state index in [2.05, 4.69) is 5.32 Å². The number of hydrogen-bond acceptors (Lipinski definition) is 4. The van der Waals surface area contributed by atoms with Gasteiger partial charge in [-0.2, -0.15) is 0 Å². The van der Waals surface area contributed by atoms with Crippen molar-refractivity contribution in [2.45, 2.75) is 32.9 Å². The SMILES string of the molecule is CCCNC(=O)[C@H](C)N(Cc1cccc(Cl)c1)C(=O)CN(c1cc(Cl)c(Cl)cc1Cl)S(C)(=O)=O. The molecule has 0 aromatic heterocycles. The molecule has 7 nitrogen and oxygen atoms in total. The lowest BCUT2D eigenvalue weighted by molar-refractivity contribution is -0.139. The van der Waals surface area contributed by atoms with Crippen LogP contribution in [-0.4, -0.2) is 50.5 Å². The highest BCUT2D eigenvalue weighted by Gasteiger charge is 2.31. The van der Waals surface area contributed by atoms with Gasteiger partial charge in [-0.25, -0.2) is 8.42 Å². The van der Waals surface area contributed by atoms with Crippen LogP contribution in [0.2, 0.25) is 20.1 Å². The van der Waals surface area contributed by atoms with Gasteiger partial charge in [-0.3, -0.25) is 13.9 Å². The van der Waals surface area contributed by atoms with Crippen molar-refractivity contribution in [3.63, 3.8) is 0 Å². The number of sulfonamides is 1. The largest absolute Gasteiger partial charge is 0.354 e. The Morgan fingerprint density at radius 1 is 1.03 bits per heavy atom. The van der Waals surface area contributed by atoms with Crippen LogP contribution in [0.5, 0.6) is 0 Å². The second-order valence-electron chi connectivity index (χ2n) is 7.61. The van der Waals surface area contributed by atoms with Crippen molar-refractivity contribution in [2.75, 3.05) is 23.7 Å². The molecule has 0 aliphatic heterocycles. The molecule has 34 heavy (non-hydrogen) atoms. The van der Waals surface area contributed by atoms with Crippen molar-refractivity contribution >= 4 is 73.9 Å². The van der Waals surface area contributed by atoms with Crippen LogP contribution in [0.3, 0.4) is 0 Å². The zero-order valence-corrected chi connectivity index (χ0v) is 22.7. The van der Waals surface area contributed by atoms with E-state index in [9.17, 15) is 18.0 Å². The fourth-order valence-corrected chi connectivity index (χ4v) is 4.87. The second kappa shape index (κ2) is 12.3. The number of amides is 2. The van der Waals surface area contributed by atoms with Gasteiger partial charge in [0.15, 0.2) is 0 Å². The number of carbonyl (C=O) groups is 2. The van der Waals surface area contributed by atoms with Crippen LogP contribution in [0, 0.1) is 0 Å². The van der Waals surface area contributed by atoms with Crippen molar-refractivity contribution < 1.29 is 18.0 Å². The predicted molar refractivity (Wildman–Crippen MR) is 138 cm³/mol. The van der Waals surface area contributed by atoms with Crippen LogP contribution in [0.1, 0.15) is 25.8 Å². The molecule has 0 fully saturated rings. The highest BCUT2D eigenvalue weighted by Crippen LogP contribution is 2.35. The summed E-state index contributed by atoms with van der Waals surface area (Å²) in [6.07, 6.45) is 1.66. The zero-order valence-electron chi connectivity index (χ0n) is 18.8. The molecule has 0 saturated heterocycles. The van der Waals surface area contributed by atoms with Gasteiger partial charge in [-0.15, -0.1) is 0 Å². The van der Waals surface area contributed by atoms with Crippen molar-refractivity contribution in [3.8, 4) is 0 Å². The predicted octanol–water partition coefficient (Wildman–Crippen LogP) is 5.01. The minimum Gasteiger partial charge on any atom is -0.354 e. The number of carbonyl (C=O) groups excluding carboxylic acids is 2. The molecule has 2 aromatic carbocycles. The summed E-state index contributed by atoms with van der Waals surface area (Å²) in [6.45, 7) is 3.35. The smallest absolute Gasteiger partial charge is 0.244 e. The lowest BCUT2D eigenvalue weighted by Gasteiger charge is -2.31. The molecular weight excluding hydrogens is 544 g/mol. The van der Waals surface area contributed by atoms with Crippen molar-refractivity contribution in [3.05, 3.63) is 62.1 Å². The fourth-order valence-electron chi connectivity index (χ4n) is 3.11. The molecule has 2 amide bonds. The minimum absolute atomic E-state index is 0.00212. The Balaban J connectivity index is 2.44. The van der Waals surface area contributed by atoms with Crippen LogP contribution >= 0.6 is 46.4 Å². The van der Waals surface area contributed by atoms with E-state index in [0.29, 0.717) is 17.1 Å². The number of halogens is 4. The molecule has 0 spiro atoms. The van der Waals surface area contributed by atoms with Gasteiger partial charge in [0.2, 0.25) is 21.8 Å². The van der Waals surface area contributed by atoms with E-state index in [-0.39, 0.29) is 33.2 Å². The first-order valence-corrected chi connectivity index (χ1v) is 13.6. The van der Waals surface area contributed by atoms with Gasteiger partial charge in [0.25, 0.3) is 0 Å². The van der Waals surface area contributed by atoms with Crippen LogP contribution in [0.4, 0.5) is 5.69 Å². The van der Waals surface area contributed by atoms with Crippen LogP contribution in [0.15, 0.2) is 36.4 Å². The Kier molecular flexibility index (Phi) is 10.3. The number of rotatable bonds is 10. The highest BCUT2D eigenvalue weighted by molar-refractivity contribution is 7.92. The summed E-state index contributed by atoms with van der Waals surface area (Å²) in [5.74, 6) is -0.984. The zero-order chi connectivity index (χ0) is 25.6. The summed E-state index contributed by atoms with van der Waals surface area (Å²) in [5, 5.41) is 3.44. The second-order valence-corrected chi connectivity index (χ2v) is 11.2. The van der Waals surface area contributed by atoms with Crippen molar-refractivity contribution in [1.82, 2.24) is 10.2 Å². The maximum Gasteiger partial charge on any atom is 0.244 e. The Labute approximate surface area is 220 Å². The van der Waals surface area contributed by atoms with Crippen molar-refractivity contribution in [2.24, 2.45) is 0 Å². The van der Waals surface area contributed by atoms with E-state index in [0.717, 1.165) is 17.0 Å². The van der Waals surface area contributed by atoms with E-state index < -0.39 is 28.5 Å². The average Bonchev–Trinajstić information content (AvgIpc) is 2.75. The third-order valence-corrected chi connectivity index (χ3v) is 7.28. The summed E-state index contributed by atoms with van der Waals surface area (Å²) < 4.78 is 26.1. The van der Waals surface area contributed by atoms with Gasteiger partial charge in [-0.1, -0.05) is 65.5 Å². The van der Waals surface area contributed by atoms with E-state index in [1.54, 1.807) is 31.2 Å². The molecule has 186 valence electrons. The molecule has 2 aromatic rings. The van der Waals surface area contributed by atoms with Crippen molar-refractivity contribution in [1.29, 1.82) is 0 Å². The highest BCUT2D eigenvalue weighted by atomic mass is 35.5. The van der Waals surface area contributed by atoms with Gasteiger partial charge < -0.3 is 10.2 Å². The van der Waals surface area contributed by atoms with Gasteiger partial charge in [0, 0.05) is 18.1 Å². The van der Waals surface area contributed by atoms with Gasteiger partial charge in [-0.05, 0) is 43.2 Å². The maximum absolute atomic E-state index is 13.5. The molecule has 0 heterocycles. The van der Waals surface area contributed by atoms with Gasteiger partial charge in [0.1, 0.15) is 12.6 Å². The first-order chi connectivity index (χ1) is 15.8. The van der Waals surface area contributed by atoms with E-state index >= 15 is 0 Å². The number of anilines is 1. The molecule has 0 saturated carbocycles. The van der Waals surface area contributed by atoms with Crippen LogP contribution in [-0.2, 0) is 26.2 Å². The number of benzene rings is 2. The normalized spacial score (nSPS) is 12.2. The molecule has 0 unspecified atom stereocenters. The molecular formula is C22H25Cl4N3O4S. The number of nitrogens with one attached hydrogen (secondary N) is 1. The van der Waals surface area contributed by atoms with Crippen LogP contribution in [0.25, 0.3) is 0 Å². The standard InChI is InChI=1S/C22H25Cl4N3O4S/c1-4-8-27-22(31)14(2)28(12-15-6-5-7-16(23)9-15)21(30)13-29(34(3,32)33)20-11-18(25)17(24)10-19(20)26/h5-7,9-11,14H,4,8,12-13H2,1-3H3,(H,27,31)/t14-/m0/s1. The molecule has 2 rings (SSSR count). The molecule has 1 atom stereocenters. The number of nitrogens with zero attached hydrogens (tertiary/aromatic N) is 2. The topological polar surface area (TPSA) is 86.8 Å². The third kappa shape index (κ3) is 7.65. The van der Waals surface area contributed by atoms with E-state index in [1.807, 2.05) is 6.92 Å². The Bertz CT molecular complexity index is 1160. The Morgan fingerprint density at radius 3 is 2.26 bits per heavy atom. The summed E-state index contributed by atoms with van der Waals surface area (Å²) in [4.78, 5) is 27.4. The van der Waals surface area contributed by atoms with Crippen LogP contribution < -0.4 is 9.62 Å².